The van der Waals surface area contributed by atoms with Crippen molar-refractivity contribution in [3.63, 3.8) is 0 Å². The molecule has 56 valence electrons. The van der Waals surface area contributed by atoms with Gasteiger partial charge in [0, 0.05) is 24.5 Å². The van der Waals surface area contributed by atoms with E-state index in [2.05, 4.69) is 6.07 Å². The van der Waals surface area contributed by atoms with E-state index in [-0.39, 0.29) is 0 Å². The summed E-state index contributed by atoms with van der Waals surface area (Å²) in [7, 11) is 1.95. The van der Waals surface area contributed by atoms with Crippen LogP contribution in [-0.2, 0) is 7.05 Å². The van der Waals surface area contributed by atoms with E-state index in [0.717, 1.165) is 11.3 Å². The third-order valence-electron chi connectivity index (χ3n) is 1.52. The van der Waals surface area contributed by atoms with Crippen LogP contribution < -0.4 is 0 Å². The molecule has 2 nitrogen and oxygen atoms in total. The monoisotopic (exact) mass is 146 g/mol. The van der Waals surface area contributed by atoms with Gasteiger partial charge >= 0.3 is 0 Å². The van der Waals surface area contributed by atoms with E-state index >= 15 is 0 Å². The Balaban J connectivity index is 2.97. The first-order valence-corrected chi connectivity index (χ1v) is 3.44. The molecular formula is C9H10N2. The second-order valence-electron chi connectivity index (χ2n) is 2.48. The van der Waals surface area contributed by atoms with E-state index in [0.29, 0.717) is 0 Å². The third kappa shape index (κ3) is 1.71. The molecule has 11 heavy (non-hydrogen) atoms. The van der Waals surface area contributed by atoms with Crippen molar-refractivity contribution < 1.29 is 0 Å². The largest absolute Gasteiger partial charge is 0.351 e. The number of allylic oxidation sites excluding steroid dienone is 1. The summed E-state index contributed by atoms with van der Waals surface area (Å²) < 4.78 is 1.97. The minimum absolute atomic E-state index is 0.729. The molecule has 1 rings (SSSR count). The average molecular weight is 146 g/mol. The number of aryl methyl sites for hydroxylation is 1. The zero-order chi connectivity index (χ0) is 8.27. The Kier molecular flexibility index (Phi) is 2.12. The highest BCUT2D eigenvalue weighted by molar-refractivity contribution is 5.53. The van der Waals surface area contributed by atoms with Gasteiger partial charge in [0.1, 0.15) is 0 Å². The van der Waals surface area contributed by atoms with Crippen molar-refractivity contribution in [3.8, 4) is 6.07 Å². The van der Waals surface area contributed by atoms with Gasteiger partial charge in [-0.1, -0.05) is 0 Å². The molecule has 0 spiro atoms. The lowest BCUT2D eigenvalue weighted by Crippen LogP contribution is -1.87. The molecule has 0 amide bonds. The molecule has 0 aliphatic heterocycles. The first-order chi connectivity index (χ1) is 5.24. The summed E-state index contributed by atoms with van der Waals surface area (Å²) in [5, 5.41) is 8.50. The van der Waals surface area contributed by atoms with E-state index in [1.807, 2.05) is 36.0 Å². The molecule has 0 saturated carbocycles. The lowest BCUT2D eigenvalue weighted by Gasteiger charge is -1.94. The maximum Gasteiger partial charge on any atom is 0.0944 e. The molecule has 0 aliphatic rings. The van der Waals surface area contributed by atoms with Crippen molar-refractivity contribution in [1.29, 1.82) is 5.26 Å². The fraction of sp³-hybridized carbons (Fsp3) is 0.222. The normalized spacial score (nSPS) is 11.2. The predicted octanol–water partition coefficient (Wildman–Crippen LogP) is 1.95. The first kappa shape index (κ1) is 7.62. The van der Waals surface area contributed by atoms with Crippen molar-refractivity contribution in [1.82, 2.24) is 4.57 Å². The molecule has 2 heteroatoms. The Morgan fingerprint density at radius 1 is 1.73 bits per heavy atom. The van der Waals surface area contributed by atoms with Crippen molar-refractivity contribution in [2.75, 3.05) is 0 Å². The van der Waals surface area contributed by atoms with E-state index in [4.69, 9.17) is 5.26 Å². The third-order valence-corrected chi connectivity index (χ3v) is 1.52. The predicted molar refractivity (Wildman–Crippen MR) is 44.7 cm³/mol. The maximum absolute atomic E-state index is 8.50. The lowest BCUT2D eigenvalue weighted by atomic mass is 10.2. The van der Waals surface area contributed by atoms with Crippen LogP contribution in [0.3, 0.4) is 0 Å². The summed E-state index contributed by atoms with van der Waals surface area (Å²) in [6.07, 6.45) is 3.82. The molecule has 0 aliphatic carbocycles. The highest BCUT2D eigenvalue weighted by Gasteiger charge is 1.91. The topological polar surface area (TPSA) is 28.7 Å². The van der Waals surface area contributed by atoms with Gasteiger partial charge in [-0.3, -0.25) is 0 Å². The molecule has 0 N–H and O–H groups in total. The van der Waals surface area contributed by atoms with Gasteiger partial charge in [-0.25, -0.2) is 0 Å². The standard InChI is InChI=1S/C9H10N2/c1-8(7-10)6-9-4-3-5-11(9)2/h3-6H,1-2H3/b8-6-. The summed E-state index contributed by atoms with van der Waals surface area (Å²) in [5.74, 6) is 0. The quantitative estimate of drug-likeness (QED) is 0.557. The van der Waals surface area contributed by atoms with E-state index in [1.165, 1.54) is 0 Å². The number of aromatic nitrogens is 1. The molecule has 0 saturated heterocycles. The van der Waals surface area contributed by atoms with Crippen LogP contribution in [0, 0.1) is 11.3 Å². The number of hydrogen-bond acceptors (Lipinski definition) is 1. The van der Waals surface area contributed by atoms with Gasteiger partial charge in [0.05, 0.1) is 6.07 Å². The van der Waals surface area contributed by atoms with Crippen LogP contribution in [0.15, 0.2) is 23.9 Å². The average Bonchev–Trinajstić information content (AvgIpc) is 2.37. The van der Waals surface area contributed by atoms with Gasteiger partial charge < -0.3 is 4.57 Å². The molecule has 0 radical (unpaired) electrons. The SMILES string of the molecule is C/C(C#N)=C/c1cccn1C. The maximum atomic E-state index is 8.50. The molecule has 1 aromatic heterocycles. The number of hydrogen-bond donors (Lipinski definition) is 0. The van der Waals surface area contributed by atoms with Crippen molar-refractivity contribution in [2.24, 2.45) is 7.05 Å². The van der Waals surface area contributed by atoms with Crippen LogP contribution in [0.1, 0.15) is 12.6 Å². The minimum Gasteiger partial charge on any atom is -0.351 e. The zero-order valence-electron chi connectivity index (χ0n) is 6.70. The second kappa shape index (κ2) is 3.07. The van der Waals surface area contributed by atoms with Crippen LogP contribution in [0.2, 0.25) is 0 Å². The summed E-state index contributed by atoms with van der Waals surface area (Å²) >= 11 is 0. The summed E-state index contributed by atoms with van der Waals surface area (Å²) in [4.78, 5) is 0. The molecular weight excluding hydrogens is 136 g/mol. The molecule has 0 aromatic carbocycles. The van der Waals surface area contributed by atoms with Gasteiger partial charge in [0.2, 0.25) is 0 Å². The summed E-state index contributed by atoms with van der Waals surface area (Å²) in [6, 6.07) is 6.01. The molecule has 1 aromatic rings. The van der Waals surface area contributed by atoms with Crippen molar-refractivity contribution in [2.45, 2.75) is 6.92 Å². The fourth-order valence-corrected chi connectivity index (χ4v) is 0.878. The van der Waals surface area contributed by atoms with Crippen LogP contribution in [0.4, 0.5) is 0 Å². The van der Waals surface area contributed by atoms with E-state index in [9.17, 15) is 0 Å². The molecule has 0 fully saturated rings. The molecule has 0 unspecified atom stereocenters. The Bertz CT molecular complexity index is 313. The number of nitriles is 1. The van der Waals surface area contributed by atoms with Crippen LogP contribution in [-0.4, -0.2) is 4.57 Å². The Labute approximate surface area is 66.4 Å². The summed E-state index contributed by atoms with van der Waals surface area (Å²) in [5.41, 5.74) is 1.79. The smallest absolute Gasteiger partial charge is 0.0944 e. The van der Waals surface area contributed by atoms with E-state index < -0.39 is 0 Å². The van der Waals surface area contributed by atoms with Gasteiger partial charge in [-0.15, -0.1) is 0 Å². The Morgan fingerprint density at radius 3 is 2.91 bits per heavy atom. The Hall–Kier alpha value is -1.49. The summed E-state index contributed by atoms with van der Waals surface area (Å²) in [6.45, 7) is 1.80. The molecule has 1 heterocycles. The zero-order valence-corrected chi connectivity index (χ0v) is 6.70. The van der Waals surface area contributed by atoms with Gasteiger partial charge in [0.15, 0.2) is 0 Å². The minimum atomic E-state index is 0.729. The second-order valence-corrected chi connectivity index (χ2v) is 2.48. The van der Waals surface area contributed by atoms with Crippen LogP contribution >= 0.6 is 0 Å². The highest BCUT2D eigenvalue weighted by Crippen LogP contribution is 2.05. The Morgan fingerprint density at radius 2 is 2.45 bits per heavy atom. The lowest BCUT2D eigenvalue weighted by molar-refractivity contribution is 0.914. The van der Waals surface area contributed by atoms with Crippen molar-refractivity contribution in [3.05, 3.63) is 29.6 Å². The molecule has 0 atom stereocenters. The van der Waals surface area contributed by atoms with Gasteiger partial charge in [-0.05, 0) is 25.1 Å². The number of rotatable bonds is 1. The van der Waals surface area contributed by atoms with Crippen LogP contribution in [0.25, 0.3) is 6.08 Å². The first-order valence-electron chi connectivity index (χ1n) is 3.44. The molecule has 0 bridgehead atoms. The van der Waals surface area contributed by atoms with Crippen molar-refractivity contribution >= 4 is 6.08 Å². The fourth-order valence-electron chi connectivity index (χ4n) is 0.878. The van der Waals surface area contributed by atoms with E-state index in [1.54, 1.807) is 6.92 Å². The van der Waals surface area contributed by atoms with Gasteiger partial charge in [0.25, 0.3) is 0 Å². The highest BCUT2D eigenvalue weighted by atomic mass is 14.9. The van der Waals surface area contributed by atoms with Crippen LogP contribution in [0.5, 0.6) is 0 Å². The van der Waals surface area contributed by atoms with Gasteiger partial charge in [-0.2, -0.15) is 5.26 Å². The number of nitrogens with zero attached hydrogens (tertiary/aromatic N) is 2.